The monoisotopic (exact) mass is 294 g/mol. The molecule has 4 rings (SSSR count). The molecule has 102 valence electrons. The standard InChI is InChI=1S/C17H11ClN2O/c18-11-5-3-4-10(8-11)17-20-15-9-14(19)12-6-1-2-7-13(12)16(15)21-17/h1-9H,19H2. The smallest absolute Gasteiger partial charge is 0.227 e. The van der Waals surface area contributed by atoms with Crippen molar-refractivity contribution in [2.75, 3.05) is 5.73 Å². The summed E-state index contributed by atoms with van der Waals surface area (Å²) in [6.45, 7) is 0. The second kappa shape index (κ2) is 4.50. The highest BCUT2D eigenvalue weighted by atomic mass is 35.5. The zero-order valence-corrected chi connectivity index (χ0v) is 11.8. The lowest BCUT2D eigenvalue weighted by molar-refractivity contribution is 0.623. The summed E-state index contributed by atoms with van der Waals surface area (Å²) in [5, 5.41) is 2.59. The lowest BCUT2D eigenvalue weighted by Crippen LogP contribution is -1.87. The number of nitrogen functional groups attached to an aromatic ring is 1. The number of hydrogen-bond acceptors (Lipinski definition) is 3. The molecule has 0 amide bonds. The predicted octanol–water partition coefficient (Wildman–Crippen LogP) is 4.88. The molecule has 4 aromatic rings. The molecule has 0 aliphatic carbocycles. The predicted molar refractivity (Wildman–Crippen MR) is 86.4 cm³/mol. The van der Waals surface area contributed by atoms with Crippen molar-refractivity contribution in [3.8, 4) is 11.5 Å². The van der Waals surface area contributed by atoms with Gasteiger partial charge in [0.15, 0.2) is 5.58 Å². The molecule has 1 aromatic heterocycles. The summed E-state index contributed by atoms with van der Waals surface area (Å²) < 4.78 is 5.95. The van der Waals surface area contributed by atoms with Crippen molar-refractivity contribution in [1.29, 1.82) is 0 Å². The van der Waals surface area contributed by atoms with E-state index >= 15 is 0 Å². The number of aromatic nitrogens is 1. The molecule has 0 fully saturated rings. The van der Waals surface area contributed by atoms with E-state index in [0.717, 1.165) is 27.4 Å². The molecule has 0 atom stereocenters. The SMILES string of the molecule is Nc1cc2nc(-c3cccc(Cl)c3)oc2c2ccccc12. The highest BCUT2D eigenvalue weighted by Crippen LogP contribution is 2.33. The van der Waals surface area contributed by atoms with Crippen molar-refractivity contribution >= 4 is 39.2 Å². The highest BCUT2D eigenvalue weighted by molar-refractivity contribution is 6.30. The Labute approximate surface area is 126 Å². The Morgan fingerprint density at radius 3 is 2.57 bits per heavy atom. The Morgan fingerprint density at radius 1 is 0.952 bits per heavy atom. The van der Waals surface area contributed by atoms with Crippen molar-refractivity contribution in [3.63, 3.8) is 0 Å². The topological polar surface area (TPSA) is 52.0 Å². The van der Waals surface area contributed by atoms with Gasteiger partial charge in [-0.3, -0.25) is 0 Å². The third kappa shape index (κ3) is 1.94. The van der Waals surface area contributed by atoms with Crippen molar-refractivity contribution in [2.24, 2.45) is 0 Å². The quantitative estimate of drug-likeness (QED) is 0.509. The number of rotatable bonds is 1. The number of anilines is 1. The number of oxazole rings is 1. The summed E-state index contributed by atoms with van der Waals surface area (Å²) in [6.07, 6.45) is 0. The van der Waals surface area contributed by atoms with Gasteiger partial charge in [0.25, 0.3) is 0 Å². The van der Waals surface area contributed by atoms with Gasteiger partial charge in [-0.1, -0.05) is 41.9 Å². The van der Waals surface area contributed by atoms with Gasteiger partial charge in [-0.15, -0.1) is 0 Å². The summed E-state index contributed by atoms with van der Waals surface area (Å²) in [4.78, 5) is 4.53. The van der Waals surface area contributed by atoms with Crippen LogP contribution in [-0.2, 0) is 0 Å². The fourth-order valence-corrected chi connectivity index (χ4v) is 2.72. The molecule has 0 aliphatic heterocycles. The van der Waals surface area contributed by atoms with Gasteiger partial charge in [0, 0.05) is 27.0 Å². The first-order valence-corrected chi connectivity index (χ1v) is 6.94. The average Bonchev–Trinajstić information content (AvgIpc) is 2.92. The zero-order chi connectivity index (χ0) is 14.4. The molecule has 3 nitrogen and oxygen atoms in total. The molecular formula is C17H11ClN2O. The average molecular weight is 295 g/mol. The maximum Gasteiger partial charge on any atom is 0.227 e. The number of halogens is 1. The van der Waals surface area contributed by atoms with Crippen molar-refractivity contribution < 1.29 is 4.42 Å². The van der Waals surface area contributed by atoms with Gasteiger partial charge in [0.05, 0.1) is 0 Å². The van der Waals surface area contributed by atoms with Crippen LogP contribution in [0.15, 0.2) is 59.0 Å². The van der Waals surface area contributed by atoms with E-state index in [4.69, 9.17) is 21.8 Å². The Morgan fingerprint density at radius 2 is 1.76 bits per heavy atom. The van der Waals surface area contributed by atoms with E-state index in [1.165, 1.54) is 0 Å². The van der Waals surface area contributed by atoms with E-state index in [9.17, 15) is 0 Å². The van der Waals surface area contributed by atoms with Crippen LogP contribution < -0.4 is 5.73 Å². The molecule has 21 heavy (non-hydrogen) atoms. The van der Waals surface area contributed by atoms with Gasteiger partial charge in [0.1, 0.15) is 5.52 Å². The van der Waals surface area contributed by atoms with Gasteiger partial charge in [-0.2, -0.15) is 0 Å². The molecule has 0 saturated carbocycles. The molecular weight excluding hydrogens is 284 g/mol. The Balaban J connectivity index is 2.04. The molecule has 0 unspecified atom stereocenters. The van der Waals surface area contributed by atoms with E-state index in [0.29, 0.717) is 16.6 Å². The third-order valence-corrected chi connectivity index (χ3v) is 3.73. The maximum absolute atomic E-state index is 6.09. The van der Waals surface area contributed by atoms with Crippen LogP contribution in [0.5, 0.6) is 0 Å². The Hall–Kier alpha value is -2.52. The van der Waals surface area contributed by atoms with Gasteiger partial charge in [-0.25, -0.2) is 4.98 Å². The van der Waals surface area contributed by atoms with Gasteiger partial charge >= 0.3 is 0 Å². The summed E-state index contributed by atoms with van der Waals surface area (Å²) in [5.74, 6) is 0.545. The van der Waals surface area contributed by atoms with E-state index in [1.807, 2.05) is 54.6 Å². The second-order valence-corrected chi connectivity index (χ2v) is 5.33. The van der Waals surface area contributed by atoms with E-state index < -0.39 is 0 Å². The summed E-state index contributed by atoms with van der Waals surface area (Å²) in [5.41, 5.74) is 9.13. The molecule has 0 aliphatic rings. The zero-order valence-electron chi connectivity index (χ0n) is 11.0. The third-order valence-electron chi connectivity index (χ3n) is 3.50. The first-order chi connectivity index (χ1) is 10.2. The minimum atomic E-state index is 0.545. The van der Waals surface area contributed by atoms with E-state index in [-0.39, 0.29) is 0 Å². The lowest BCUT2D eigenvalue weighted by atomic mass is 10.1. The van der Waals surface area contributed by atoms with Crippen LogP contribution in [0.25, 0.3) is 33.3 Å². The summed E-state index contributed by atoms with van der Waals surface area (Å²) in [7, 11) is 0. The van der Waals surface area contributed by atoms with Crippen LogP contribution in [0.4, 0.5) is 5.69 Å². The number of nitrogens with zero attached hydrogens (tertiary/aromatic N) is 1. The van der Waals surface area contributed by atoms with Gasteiger partial charge in [0.2, 0.25) is 5.89 Å². The molecule has 0 spiro atoms. The summed E-state index contributed by atoms with van der Waals surface area (Å²) >= 11 is 6.02. The number of hydrogen-bond donors (Lipinski definition) is 1. The molecule has 0 bridgehead atoms. The van der Waals surface area contributed by atoms with Gasteiger partial charge < -0.3 is 10.2 Å². The number of nitrogens with two attached hydrogens (primary N) is 1. The second-order valence-electron chi connectivity index (χ2n) is 4.89. The largest absolute Gasteiger partial charge is 0.435 e. The maximum atomic E-state index is 6.09. The van der Waals surface area contributed by atoms with Crippen LogP contribution in [0, 0.1) is 0 Å². The first-order valence-electron chi connectivity index (χ1n) is 6.56. The van der Waals surface area contributed by atoms with Crippen molar-refractivity contribution in [2.45, 2.75) is 0 Å². The molecule has 2 N–H and O–H groups in total. The molecule has 1 heterocycles. The molecule has 0 saturated heterocycles. The first kappa shape index (κ1) is 12.2. The van der Waals surface area contributed by atoms with Crippen LogP contribution in [-0.4, -0.2) is 4.98 Å². The Bertz CT molecular complexity index is 975. The van der Waals surface area contributed by atoms with Crippen LogP contribution in [0.3, 0.4) is 0 Å². The van der Waals surface area contributed by atoms with Crippen LogP contribution in [0.1, 0.15) is 0 Å². The van der Waals surface area contributed by atoms with E-state index in [1.54, 1.807) is 0 Å². The van der Waals surface area contributed by atoms with Gasteiger partial charge in [-0.05, 0) is 24.3 Å². The normalized spacial score (nSPS) is 11.3. The highest BCUT2D eigenvalue weighted by Gasteiger charge is 2.13. The number of fused-ring (bicyclic) bond motifs is 3. The van der Waals surface area contributed by atoms with Crippen molar-refractivity contribution in [1.82, 2.24) is 4.98 Å². The minimum Gasteiger partial charge on any atom is -0.435 e. The Kier molecular flexibility index (Phi) is 2.62. The molecule has 0 radical (unpaired) electrons. The van der Waals surface area contributed by atoms with Crippen LogP contribution in [0.2, 0.25) is 5.02 Å². The summed E-state index contributed by atoms with van der Waals surface area (Å²) in [6, 6.07) is 17.2. The van der Waals surface area contributed by atoms with Crippen LogP contribution >= 0.6 is 11.6 Å². The molecule has 4 heteroatoms. The van der Waals surface area contributed by atoms with Crippen molar-refractivity contribution in [3.05, 3.63) is 59.6 Å². The fraction of sp³-hybridized carbons (Fsp3) is 0. The lowest BCUT2D eigenvalue weighted by Gasteiger charge is -2.01. The minimum absolute atomic E-state index is 0.545. The fourth-order valence-electron chi connectivity index (χ4n) is 2.53. The van der Waals surface area contributed by atoms with E-state index in [2.05, 4.69) is 4.98 Å². The molecule has 3 aromatic carbocycles. The number of benzene rings is 3.